The van der Waals surface area contributed by atoms with Crippen molar-refractivity contribution in [2.45, 2.75) is 19.9 Å². The fraction of sp³-hybridized carbons (Fsp3) is 0.600. The smallest absolute Gasteiger partial charge is 0.142 e. The highest BCUT2D eigenvalue weighted by Crippen LogP contribution is 2.19. The van der Waals surface area contributed by atoms with Crippen molar-refractivity contribution in [3.63, 3.8) is 0 Å². The molecule has 1 aromatic rings. The molecule has 1 heterocycles. The van der Waals surface area contributed by atoms with Gasteiger partial charge in [0.2, 0.25) is 0 Å². The van der Waals surface area contributed by atoms with Crippen LogP contribution in [0.2, 0.25) is 0 Å². The highest BCUT2D eigenvalue weighted by molar-refractivity contribution is 5.51. The van der Waals surface area contributed by atoms with E-state index in [1.807, 2.05) is 24.3 Å². The van der Waals surface area contributed by atoms with Crippen molar-refractivity contribution < 1.29 is 4.74 Å². The Bertz CT molecular complexity index is 397. The number of rotatable bonds is 5. The molecule has 0 saturated carbocycles. The molecule has 1 saturated heterocycles. The molecule has 0 aliphatic carbocycles. The molecule has 1 fully saturated rings. The summed E-state index contributed by atoms with van der Waals surface area (Å²) in [6.07, 6.45) is 0. The summed E-state index contributed by atoms with van der Waals surface area (Å²) < 4.78 is 5.75. The lowest BCUT2D eigenvalue weighted by Crippen LogP contribution is -2.52. The number of nitrogen functional groups attached to an aromatic ring is 1. The van der Waals surface area contributed by atoms with Crippen LogP contribution in [0.1, 0.15) is 13.8 Å². The minimum atomic E-state index is 0.639. The summed E-state index contributed by atoms with van der Waals surface area (Å²) in [6.45, 7) is 10.8. The third kappa shape index (κ3) is 3.85. The molecule has 0 amide bonds. The van der Waals surface area contributed by atoms with Gasteiger partial charge < -0.3 is 10.5 Å². The maximum Gasteiger partial charge on any atom is 0.142 e. The van der Waals surface area contributed by atoms with Crippen molar-refractivity contribution >= 4 is 5.69 Å². The molecule has 106 valence electrons. The first-order valence-electron chi connectivity index (χ1n) is 7.14. The quantitative estimate of drug-likeness (QED) is 0.821. The van der Waals surface area contributed by atoms with Crippen molar-refractivity contribution in [3.05, 3.63) is 24.3 Å². The van der Waals surface area contributed by atoms with Crippen LogP contribution in [0.15, 0.2) is 24.3 Å². The van der Waals surface area contributed by atoms with Gasteiger partial charge in [-0.2, -0.15) is 0 Å². The molecular formula is C15H25N3O. The molecule has 1 atom stereocenters. The van der Waals surface area contributed by atoms with Gasteiger partial charge >= 0.3 is 0 Å². The summed E-state index contributed by atoms with van der Waals surface area (Å²) in [5.41, 5.74) is 6.57. The predicted molar refractivity (Wildman–Crippen MR) is 79.5 cm³/mol. The van der Waals surface area contributed by atoms with E-state index in [0.717, 1.165) is 38.5 Å². The highest BCUT2D eigenvalue weighted by atomic mass is 16.5. The number of nitrogens with zero attached hydrogens (tertiary/aromatic N) is 2. The monoisotopic (exact) mass is 263 g/mol. The van der Waals surface area contributed by atoms with Gasteiger partial charge in [-0.15, -0.1) is 0 Å². The van der Waals surface area contributed by atoms with Crippen LogP contribution in [-0.4, -0.2) is 55.2 Å². The molecular weight excluding hydrogens is 238 g/mol. The standard InChI is InChI=1S/C15H25N3O/c1-3-18-9-8-17(12-13(18)2)10-11-19-15-7-5-4-6-14(15)16/h4-7,13H,3,8-12,16H2,1-2H3. The largest absolute Gasteiger partial charge is 0.490 e. The lowest BCUT2D eigenvalue weighted by molar-refractivity contribution is 0.0782. The van der Waals surface area contributed by atoms with Gasteiger partial charge in [-0.1, -0.05) is 19.1 Å². The molecule has 4 nitrogen and oxygen atoms in total. The second-order valence-corrected chi connectivity index (χ2v) is 5.16. The number of hydrogen-bond acceptors (Lipinski definition) is 4. The van der Waals surface area contributed by atoms with Crippen molar-refractivity contribution in [2.75, 3.05) is 45.1 Å². The zero-order valence-electron chi connectivity index (χ0n) is 12.0. The normalized spacial score (nSPS) is 21.5. The summed E-state index contributed by atoms with van der Waals surface area (Å²) in [5, 5.41) is 0. The van der Waals surface area contributed by atoms with E-state index in [0.29, 0.717) is 18.3 Å². The molecule has 1 aromatic carbocycles. The molecule has 1 aliphatic rings. The van der Waals surface area contributed by atoms with Gasteiger partial charge in [-0.3, -0.25) is 9.80 Å². The minimum absolute atomic E-state index is 0.639. The summed E-state index contributed by atoms with van der Waals surface area (Å²) in [7, 11) is 0. The van der Waals surface area contributed by atoms with Gasteiger partial charge in [0.15, 0.2) is 0 Å². The average molecular weight is 263 g/mol. The summed E-state index contributed by atoms with van der Waals surface area (Å²) in [5.74, 6) is 0.794. The van der Waals surface area contributed by atoms with E-state index >= 15 is 0 Å². The Morgan fingerprint density at radius 2 is 2.11 bits per heavy atom. The first kappa shape index (κ1) is 14.2. The van der Waals surface area contributed by atoms with Gasteiger partial charge in [0, 0.05) is 32.2 Å². The lowest BCUT2D eigenvalue weighted by Gasteiger charge is -2.39. The number of hydrogen-bond donors (Lipinski definition) is 1. The van der Waals surface area contributed by atoms with Crippen LogP contribution in [0.4, 0.5) is 5.69 Å². The van der Waals surface area contributed by atoms with Gasteiger partial charge in [0.25, 0.3) is 0 Å². The zero-order chi connectivity index (χ0) is 13.7. The van der Waals surface area contributed by atoms with Crippen LogP contribution < -0.4 is 10.5 Å². The van der Waals surface area contributed by atoms with Crippen LogP contribution in [0, 0.1) is 0 Å². The Labute approximate surface area is 116 Å². The maximum absolute atomic E-state index is 5.85. The van der Waals surface area contributed by atoms with E-state index in [9.17, 15) is 0 Å². The predicted octanol–water partition coefficient (Wildman–Crippen LogP) is 1.67. The Morgan fingerprint density at radius 3 is 2.79 bits per heavy atom. The van der Waals surface area contributed by atoms with E-state index in [1.54, 1.807) is 0 Å². The third-order valence-electron chi connectivity index (χ3n) is 3.84. The molecule has 1 aliphatic heterocycles. The summed E-state index contributed by atoms with van der Waals surface area (Å²) in [4.78, 5) is 4.99. The number of piperazine rings is 1. The van der Waals surface area contributed by atoms with Gasteiger partial charge in [0.1, 0.15) is 12.4 Å². The Balaban J connectivity index is 1.74. The van der Waals surface area contributed by atoms with Crippen molar-refractivity contribution in [1.29, 1.82) is 0 Å². The molecule has 2 rings (SSSR count). The molecule has 4 heteroatoms. The van der Waals surface area contributed by atoms with Crippen LogP contribution in [-0.2, 0) is 0 Å². The topological polar surface area (TPSA) is 41.7 Å². The van der Waals surface area contributed by atoms with E-state index in [2.05, 4.69) is 23.6 Å². The molecule has 2 N–H and O–H groups in total. The van der Waals surface area contributed by atoms with E-state index in [4.69, 9.17) is 10.5 Å². The zero-order valence-corrected chi connectivity index (χ0v) is 12.0. The Hall–Kier alpha value is -1.26. The van der Waals surface area contributed by atoms with Gasteiger partial charge in [-0.05, 0) is 25.6 Å². The van der Waals surface area contributed by atoms with Crippen molar-refractivity contribution in [1.82, 2.24) is 9.80 Å². The number of anilines is 1. The fourth-order valence-electron chi connectivity index (χ4n) is 2.64. The number of likely N-dealkylation sites (N-methyl/N-ethyl adjacent to an activating group) is 1. The number of nitrogens with two attached hydrogens (primary N) is 1. The van der Waals surface area contributed by atoms with E-state index in [1.165, 1.54) is 0 Å². The van der Waals surface area contributed by atoms with E-state index in [-0.39, 0.29) is 0 Å². The highest BCUT2D eigenvalue weighted by Gasteiger charge is 2.21. The van der Waals surface area contributed by atoms with Gasteiger partial charge in [0.05, 0.1) is 5.69 Å². The molecule has 0 aromatic heterocycles. The third-order valence-corrected chi connectivity index (χ3v) is 3.84. The van der Waals surface area contributed by atoms with E-state index < -0.39 is 0 Å². The number of para-hydroxylation sites is 2. The Morgan fingerprint density at radius 1 is 1.32 bits per heavy atom. The van der Waals surface area contributed by atoms with Crippen LogP contribution in [0.5, 0.6) is 5.75 Å². The molecule has 1 unspecified atom stereocenters. The average Bonchev–Trinajstić information content (AvgIpc) is 2.41. The molecule has 0 bridgehead atoms. The van der Waals surface area contributed by atoms with Crippen molar-refractivity contribution in [2.24, 2.45) is 0 Å². The number of benzene rings is 1. The first-order chi connectivity index (χ1) is 9.20. The Kier molecular flexibility index (Phi) is 5.05. The second-order valence-electron chi connectivity index (χ2n) is 5.16. The molecule has 0 spiro atoms. The first-order valence-corrected chi connectivity index (χ1v) is 7.14. The SMILES string of the molecule is CCN1CCN(CCOc2ccccc2N)CC1C. The summed E-state index contributed by atoms with van der Waals surface area (Å²) in [6, 6.07) is 8.31. The fourth-order valence-corrected chi connectivity index (χ4v) is 2.64. The van der Waals surface area contributed by atoms with Crippen LogP contribution in [0.3, 0.4) is 0 Å². The molecule has 0 radical (unpaired) electrons. The van der Waals surface area contributed by atoms with Crippen molar-refractivity contribution in [3.8, 4) is 5.75 Å². The molecule has 19 heavy (non-hydrogen) atoms. The summed E-state index contributed by atoms with van der Waals surface area (Å²) >= 11 is 0. The minimum Gasteiger partial charge on any atom is -0.490 e. The lowest BCUT2D eigenvalue weighted by atomic mass is 10.2. The second kappa shape index (κ2) is 6.78. The van der Waals surface area contributed by atoms with Crippen LogP contribution >= 0.6 is 0 Å². The van der Waals surface area contributed by atoms with Crippen LogP contribution in [0.25, 0.3) is 0 Å². The maximum atomic E-state index is 5.85. The number of ether oxygens (including phenoxy) is 1. The van der Waals surface area contributed by atoms with Gasteiger partial charge in [-0.25, -0.2) is 0 Å².